The SMILES string of the molecule is COc1ccc(OC)c(C(C)(C)C(=O)N(C)N)c1. The van der Waals surface area contributed by atoms with Gasteiger partial charge in [0.2, 0.25) is 5.91 Å². The lowest BCUT2D eigenvalue weighted by Gasteiger charge is -2.28. The number of nitrogens with zero attached hydrogens (tertiary/aromatic N) is 1. The first kappa shape index (κ1) is 14.3. The minimum Gasteiger partial charge on any atom is -0.497 e. The van der Waals surface area contributed by atoms with Gasteiger partial charge in [-0.2, -0.15) is 0 Å². The van der Waals surface area contributed by atoms with E-state index in [2.05, 4.69) is 0 Å². The van der Waals surface area contributed by atoms with Crippen LogP contribution >= 0.6 is 0 Å². The molecule has 1 amide bonds. The van der Waals surface area contributed by atoms with Crippen LogP contribution in [0.5, 0.6) is 11.5 Å². The van der Waals surface area contributed by atoms with Gasteiger partial charge in [-0.05, 0) is 32.0 Å². The molecule has 5 heteroatoms. The smallest absolute Gasteiger partial charge is 0.246 e. The Morgan fingerprint density at radius 2 is 1.89 bits per heavy atom. The average Bonchev–Trinajstić information content (AvgIpc) is 2.36. The van der Waals surface area contributed by atoms with E-state index in [9.17, 15) is 4.79 Å². The Balaban J connectivity index is 3.32. The first-order chi connectivity index (χ1) is 8.34. The topological polar surface area (TPSA) is 64.8 Å². The summed E-state index contributed by atoms with van der Waals surface area (Å²) in [7, 11) is 4.67. The van der Waals surface area contributed by atoms with Gasteiger partial charge in [0.05, 0.1) is 19.6 Å². The van der Waals surface area contributed by atoms with Crippen molar-refractivity contribution in [1.29, 1.82) is 0 Å². The predicted octanol–water partition coefficient (Wildman–Crippen LogP) is 1.31. The second-order valence-electron chi connectivity index (χ2n) is 4.61. The zero-order valence-corrected chi connectivity index (χ0v) is 11.5. The first-order valence-corrected chi connectivity index (χ1v) is 5.60. The van der Waals surface area contributed by atoms with Crippen LogP contribution in [0.1, 0.15) is 19.4 Å². The third-order valence-corrected chi connectivity index (χ3v) is 2.93. The number of likely N-dealkylation sites (N-methyl/N-ethyl adjacent to an activating group) is 1. The molecule has 0 aliphatic heterocycles. The van der Waals surface area contributed by atoms with Crippen LogP contribution in [0.15, 0.2) is 18.2 Å². The molecule has 0 fully saturated rings. The lowest BCUT2D eigenvalue weighted by atomic mass is 9.82. The molecule has 0 radical (unpaired) electrons. The summed E-state index contributed by atoms with van der Waals surface area (Å²) < 4.78 is 10.5. The summed E-state index contributed by atoms with van der Waals surface area (Å²) >= 11 is 0. The Bertz CT molecular complexity index is 442. The third kappa shape index (κ3) is 2.56. The van der Waals surface area contributed by atoms with Crippen molar-refractivity contribution in [2.75, 3.05) is 21.3 Å². The Morgan fingerprint density at radius 1 is 1.28 bits per heavy atom. The predicted molar refractivity (Wildman–Crippen MR) is 69.5 cm³/mol. The van der Waals surface area contributed by atoms with Crippen molar-refractivity contribution >= 4 is 5.91 Å². The number of hydrogen-bond acceptors (Lipinski definition) is 4. The van der Waals surface area contributed by atoms with E-state index >= 15 is 0 Å². The molecule has 5 nitrogen and oxygen atoms in total. The summed E-state index contributed by atoms with van der Waals surface area (Å²) in [5.74, 6) is 6.64. The number of benzene rings is 1. The van der Waals surface area contributed by atoms with E-state index in [-0.39, 0.29) is 5.91 Å². The van der Waals surface area contributed by atoms with Crippen molar-refractivity contribution in [3.8, 4) is 11.5 Å². The van der Waals surface area contributed by atoms with E-state index in [1.165, 1.54) is 7.05 Å². The summed E-state index contributed by atoms with van der Waals surface area (Å²) in [5, 5.41) is 1.08. The van der Waals surface area contributed by atoms with Crippen LogP contribution < -0.4 is 15.3 Å². The van der Waals surface area contributed by atoms with Gasteiger partial charge < -0.3 is 9.47 Å². The van der Waals surface area contributed by atoms with Crippen LogP contribution in [0.3, 0.4) is 0 Å². The zero-order chi connectivity index (χ0) is 13.9. The lowest BCUT2D eigenvalue weighted by molar-refractivity contribution is -0.135. The molecular weight excluding hydrogens is 232 g/mol. The third-order valence-electron chi connectivity index (χ3n) is 2.93. The maximum absolute atomic E-state index is 12.1. The number of ether oxygens (including phenoxy) is 2. The van der Waals surface area contributed by atoms with Gasteiger partial charge in [0, 0.05) is 12.6 Å². The molecule has 1 aromatic carbocycles. The van der Waals surface area contributed by atoms with Gasteiger partial charge in [-0.1, -0.05) is 0 Å². The molecule has 1 aromatic rings. The van der Waals surface area contributed by atoms with Gasteiger partial charge in [-0.3, -0.25) is 9.80 Å². The molecule has 18 heavy (non-hydrogen) atoms. The maximum Gasteiger partial charge on any atom is 0.246 e. The number of methoxy groups -OCH3 is 2. The molecule has 0 heterocycles. The number of carbonyl (C=O) groups is 1. The number of nitrogens with two attached hydrogens (primary N) is 1. The van der Waals surface area contributed by atoms with Crippen molar-refractivity contribution in [3.63, 3.8) is 0 Å². The van der Waals surface area contributed by atoms with E-state index in [0.29, 0.717) is 11.5 Å². The molecule has 0 saturated heterocycles. The molecule has 100 valence electrons. The maximum atomic E-state index is 12.1. The van der Waals surface area contributed by atoms with Gasteiger partial charge >= 0.3 is 0 Å². The number of rotatable bonds is 4. The molecule has 1 rings (SSSR count). The van der Waals surface area contributed by atoms with Gasteiger partial charge in [0.25, 0.3) is 0 Å². The molecule has 0 atom stereocenters. The lowest BCUT2D eigenvalue weighted by Crippen LogP contribution is -2.45. The molecule has 0 saturated carbocycles. The zero-order valence-electron chi connectivity index (χ0n) is 11.5. The van der Waals surface area contributed by atoms with Gasteiger partial charge in [0.1, 0.15) is 11.5 Å². The summed E-state index contributed by atoms with van der Waals surface area (Å²) in [4.78, 5) is 12.1. The number of amides is 1. The van der Waals surface area contributed by atoms with Crippen LogP contribution in [0.2, 0.25) is 0 Å². The fourth-order valence-corrected chi connectivity index (χ4v) is 1.86. The molecule has 0 bridgehead atoms. The average molecular weight is 252 g/mol. The monoisotopic (exact) mass is 252 g/mol. The minimum atomic E-state index is -0.788. The van der Waals surface area contributed by atoms with E-state index in [1.807, 2.05) is 0 Å². The number of hydrogen-bond donors (Lipinski definition) is 1. The van der Waals surface area contributed by atoms with Crippen molar-refractivity contribution in [2.45, 2.75) is 19.3 Å². The quantitative estimate of drug-likeness (QED) is 0.498. The fraction of sp³-hybridized carbons (Fsp3) is 0.462. The summed E-state index contributed by atoms with van der Waals surface area (Å²) in [5.41, 5.74) is -0.0460. The van der Waals surface area contributed by atoms with E-state index in [4.69, 9.17) is 15.3 Å². The van der Waals surface area contributed by atoms with E-state index in [0.717, 1.165) is 10.6 Å². The van der Waals surface area contributed by atoms with Crippen LogP contribution in [0.25, 0.3) is 0 Å². The van der Waals surface area contributed by atoms with E-state index < -0.39 is 5.41 Å². The van der Waals surface area contributed by atoms with Crippen LogP contribution in [0.4, 0.5) is 0 Å². The highest BCUT2D eigenvalue weighted by Crippen LogP contribution is 2.35. The molecule has 0 spiro atoms. The van der Waals surface area contributed by atoms with Crippen LogP contribution in [-0.2, 0) is 10.2 Å². The normalized spacial score (nSPS) is 11.0. The Morgan fingerprint density at radius 3 is 2.33 bits per heavy atom. The molecule has 0 aromatic heterocycles. The molecule has 0 aliphatic rings. The number of carbonyl (C=O) groups excluding carboxylic acids is 1. The Kier molecular flexibility index (Phi) is 4.19. The van der Waals surface area contributed by atoms with Crippen LogP contribution in [0, 0.1) is 0 Å². The molecule has 0 unspecified atom stereocenters. The number of hydrazine groups is 1. The highest BCUT2D eigenvalue weighted by atomic mass is 16.5. The van der Waals surface area contributed by atoms with Crippen molar-refractivity contribution < 1.29 is 14.3 Å². The Labute approximate surface area is 107 Å². The molecular formula is C13H20N2O3. The standard InChI is InChI=1S/C13H20N2O3/c1-13(2,12(16)15(3)14)10-8-9(17-4)6-7-11(10)18-5/h6-8H,14H2,1-5H3. The largest absolute Gasteiger partial charge is 0.497 e. The van der Waals surface area contributed by atoms with Crippen molar-refractivity contribution in [2.24, 2.45) is 5.84 Å². The first-order valence-electron chi connectivity index (χ1n) is 5.60. The highest BCUT2D eigenvalue weighted by Gasteiger charge is 2.34. The second kappa shape index (κ2) is 5.27. The molecule has 0 aliphatic carbocycles. The minimum absolute atomic E-state index is 0.200. The fourth-order valence-electron chi connectivity index (χ4n) is 1.86. The summed E-state index contributed by atoms with van der Waals surface area (Å²) in [6.07, 6.45) is 0. The molecule has 2 N–H and O–H groups in total. The van der Waals surface area contributed by atoms with Gasteiger partial charge in [-0.25, -0.2) is 5.84 Å². The van der Waals surface area contributed by atoms with Gasteiger partial charge in [0.15, 0.2) is 0 Å². The van der Waals surface area contributed by atoms with Crippen molar-refractivity contribution in [3.05, 3.63) is 23.8 Å². The summed E-state index contributed by atoms with van der Waals surface area (Å²) in [6.45, 7) is 3.60. The van der Waals surface area contributed by atoms with Crippen LogP contribution in [-0.4, -0.2) is 32.2 Å². The summed E-state index contributed by atoms with van der Waals surface area (Å²) in [6, 6.07) is 5.36. The highest BCUT2D eigenvalue weighted by molar-refractivity contribution is 5.87. The van der Waals surface area contributed by atoms with Crippen molar-refractivity contribution in [1.82, 2.24) is 5.01 Å². The van der Waals surface area contributed by atoms with E-state index in [1.54, 1.807) is 46.3 Å². The Hall–Kier alpha value is -1.75. The van der Waals surface area contributed by atoms with Gasteiger partial charge in [-0.15, -0.1) is 0 Å². The second-order valence-corrected chi connectivity index (χ2v) is 4.61.